The van der Waals surface area contributed by atoms with Crippen LogP contribution in [0.2, 0.25) is 0 Å². The highest BCUT2D eigenvalue weighted by Gasteiger charge is 2.32. The molecular weight excluding hydrogens is 348 g/mol. The van der Waals surface area contributed by atoms with Gasteiger partial charge in [-0.15, -0.1) is 11.8 Å². The van der Waals surface area contributed by atoms with E-state index in [1.54, 1.807) is 11.8 Å². The van der Waals surface area contributed by atoms with Gasteiger partial charge in [-0.05, 0) is 39.2 Å². The smallest absolute Gasteiger partial charge is 0.282 e. The summed E-state index contributed by atoms with van der Waals surface area (Å²) < 4.78 is 0. The van der Waals surface area contributed by atoms with E-state index in [0.717, 1.165) is 36.8 Å². The van der Waals surface area contributed by atoms with Crippen molar-refractivity contribution in [3.8, 4) is 0 Å². The number of piperazine rings is 1. The van der Waals surface area contributed by atoms with E-state index >= 15 is 0 Å². The minimum atomic E-state index is -0.101. The predicted octanol–water partition coefficient (Wildman–Crippen LogP) is -0.956. The molecule has 2 rings (SSSR count). The van der Waals surface area contributed by atoms with Crippen LogP contribution in [0.25, 0.3) is 0 Å². The summed E-state index contributed by atoms with van der Waals surface area (Å²) in [4.78, 5) is 28.2. The molecule has 1 fully saturated rings. The molecule has 6 nitrogen and oxygen atoms in total. The molecule has 1 saturated heterocycles. The van der Waals surface area contributed by atoms with Crippen LogP contribution in [0.4, 0.5) is 5.69 Å². The number of carbonyl (C=O) groups is 2. The Hall–Kier alpha value is -1.57. The molecular formula is C19H32N4O2S+2. The normalized spacial score (nSPS) is 21.3. The standard InChI is InChI=1S/C19H30N4O2S/c1-14(2)20-18(24)13-22-9-11-23(12-10-22)15(3)19(25)21-16-7-5-6-8-17(16)26-4/h5-8,14-15H,9-13H2,1-4H3,(H,20,24)(H,21,25)/p+2/t15-/m1/s1. The summed E-state index contributed by atoms with van der Waals surface area (Å²) in [6.07, 6.45) is 2.01. The van der Waals surface area contributed by atoms with Gasteiger partial charge in [0.05, 0.1) is 5.69 Å². The Kier molecular flexibility index (Phi) is 7.93. The Bertz CT molecular complexity index is 615. The molecule has 1 aromatic carbocycles. The minimum Gasteiger partial charge on any atom is -0.349 e. The highest BCUT2D eigenvalue weighted by atomic mass is 32.2. The zero-order chi connectivity index (χ0) is 19.1. The lowest BCUT2D eigenvalue weighted by Crippen LogP contribution is -3.30. The van der Waals surface area contributed by atoms with Gasteiger partial charge in [0.1, 0.15) is 26.2 Å². The maximum Gasteiger partial charge on any atom is 0.282 e. The second-order valence-electron chi connectivity index (χ2n) is 7.22. The van der Waals surface area contributed by atoms with Crippen molar-refractivity contribution in [2.45, 2.75) is 37.8 Å². The first kappa shape index (κ1) is 20.7. The van der Waals surface area contributed by atoms with Crippen LogP contribution in [0.3, 0.4) is 0 Å². The molecule has 0 radical (unpaired) electrons. The number of hydrogen-bond acceptors (Lipinski definition) is 3. The largest absolute Gasteiger partial charge is 0.349 e. The van der Waals surface area contributed by atoms with E-state index in [0.29, 0.717) is 6.54 Å². The summed E-state index contributed by atoms with van der Waals surface area (Å²) >= 11 is 1.63. The zero-order valence-electron chi connectivity index (χ0n) is 16.2. The summed E-state index contributed by atoms with van der Waals surface area (Å²) in [6, 6.07) is 7.96. The molecule has 1 atom stereocenters. The highest BCUT2D eigenvalue weighted by molar-refractivity contribution is 7.98. The fourth-order valence-corrected chi connectivity index (χ4v) is 3.86. The summed E-state index contributed by atoms with van der Waals surface area (Å²) in [5, 5.41) is 6.02. The summed E-state index contributed by atoms with van der Waals surface area (Å²) in [5.41, 5.74) is 0.880. The van der Waals surface area contributed by atoms with Crippen molar-refractivity contribution in [3.05, 3.63) is 24.3 Å². The van der Waals surface area contributed by atoms with E-state index in [-0.39, 0.29) is 23.9 Å². The molecule has 0 aromatic heterocycles. The molecule has 1 heterocycles. The average molecular weight is 381 g/mol. The van der Waals surface area contributed by atoms with Gasteiger partial charge < -0.3 is 20.4 Å². The number of benzene rings is 1. The number of quaternary nitrogens is 2. The van der Waals surface area contributed by atoms with E-state index in [1.165, 1.54) is 9.80 Å². The van der Waals surface area contributed by atoms with Crippen LogP contribution in [0, 0.1) is 0 Å². The van der Waals surface area contributed by atoms with Crippen molar-refractivity contribution in [2.75, 3.05) is 44.3 Å². The molecule has 1 aliphatic heterocycles. The molecule has 26 heavy (non-hydrogen) atoms. The third-order valence-electron chi connectivity index (χ3n) is 4.83. The van der Waals surface area contributed by atoms with E-state index < -0.39 is 0 Å². The molecule has 144 valence electrons. The Balaban J connectivity index is 1.83. The van der Waals surface area contributed by atoms with Crippen LogP contribution in [-0.4, -0.2) is 62.9 Å². The number of thioether (sulfide) groups is 1. The average Bonchev–Trinajstić information content (AvgIpc) is 2.61. The van der Waals surface area contributed by atoms with Gasteiger partial charge in [0, 0.05) is 10.9 Å². The van der Waals surface area contributed by atoms with Crippen molar-refractivity contribution < 1.29 is 19.4 Å². The molecule has 0 spiro atoms. The maximum absolute atomic E-state index is 12.6. The summed E-state index contributed by atoms with van der Waals surface area (Å²) in [7, 11) is 0. The van der Waals surface area contributed by atoms with Crippen LogP contribution in [-0.2, 0) is 9.59 Å². The van der Waals surface area contributed by atoms with Gasteiger partial charge in [0.15, 0.2) is 12.6 Å². The second kappa shape index (κ2) is 9.94. The van der Waals surface area contributed by atoms with Crippen molar-refractivity contribution in [1.29, 1.82) is 0 Å². The van der Waals surface area contributed by atoms with Crippen molar-refractivity contribution in [3.63, 3.8) is 0 Å². The Labute approximate surface area is 160 Å². The zero-order valence-corrected chi connectivity index (χ0v) is 17.0. The quantitative estimate of drug-likeness (QED) is 0.461. The predicted molar refractivity (Wildman–Crippen MR) is 106 cm³/mol. The van der Waals surface area contributed by atoms with Crippen LogP contribution in [0.1, 0.15) is 20.8 Å². The molecule has 4 N–H and O–H groups in total. The van der Waals surface area contributed by atoms with Gasteiger partial charge in [-0.1, -0.05) is 12.1 Å². The van der Waals surface area contributed by atoms with E-state index in [1.807, 2.05) is 51.3 Å². The molecule has 0 bridgehead atoms. The first-order chi connectivity index (χ1) is 12.4. The topological polar surface area (TPSA) is 67.1 Å². The van der Waals surface area contributed by atoms with Crippen molar-refractivity contribution in [1.82, 2.24) is 5.32 Å². The Morgan fingerprint density at radius 1 is 1.12 bits per heavy atom. The number of hydrogen-bond donors (Lipinski definition) is 4. The molecule has 2 amide bonds. The van der Waals surface area contributed by atoms with Crippen molar-refractivity contribution in [2.24, 2.45) is 0 Å². The van der Waals surface area contributed by atoms with Crippen LogP contribution in [0.15, 0.2) is 29.2 Å². The summed E-state index contributed by atoms with van der Waals surface area (Å²) in [6.45, 7) is 10.1. The summed E-state index contributed by atoms with van der Waals surface area (Å²) in [5.74, 6) is 0.167. The first-order valence-electron chi connectivity index (χ1n) is 9.32. The lowest BCUT2D eigenvalue weighted by molar-refractivity contribution is -1.01. The lowest BCUT2D eigenvalue weighted by atomic mass is 10.2. The molecule has 0 saturated carbocycles. The molecule has 7 heteroatoms. The van der Waals surface area contributed by atoms with E-state index in [4.69, 9.17) is 0 Å². The van der Waals surface area contributed by atoms with E-state index in [2.05, 4.69) is 10.6 Å². The second-order valence-corrected chi connectivity index (χ2v) is 8.07. The van der Waals surface area contributed by atoms with Gasteiger partial charge in [-0.25, -0.2) is 0 Å². The third-order valence-corrected chi connectivity index (χ3v) is 5.63. The molecule has 1 aromatic rings. The van der Waals surface area contributed by atoms with E-state index in [9.17, 15) is 9.59 Å². The van der Waals surface area contributed by atoms with Crippen LogP contribution >= 0.6 is 11.8 Å². The minimum absolute atomic E-state index is 0.0579. The highest BCUT2D eigenvalue weighted by Crippen LogP contribution is 2.24. The Morgan fingerprint density at radius 2 is 1.77 bits per heavy atom. The van der Waals surface area contributed by atoms with Crippen LogP contribution < -0.4 is 20.4 Å². The van der Waals surface area contributed by atoms with Gasteiger partial charge >= 0.3 is 0 Å². The fraction of sp³-hybridized carbons (Fsp3) is 0.579. The number of nitrogens with one attached hydrogen (secondary N) is 4. The third kappa shape index (κ3) is 6.00. The van der Waals surface area contributed by atoms with Gasteiger partial charge in [0.25, 0.3) is 11.8 Å². The van der Waals surface area contributed by atoms with Crippen molar-refractivity contribution >= 4 is 29.3 Å². The van der Waals surface area contributed by atoms with Gasteiger partial charge in [0.2, 0.25) is 0 Å². The number of anilines is 1. The van der Waals surface area contributed by atoms with Crippen LogP contribution in [0.5, 0.6) is 0 Å². The molecule has 0 unspecified atom stereocenters. The van der Waals surface area contributed by atoms with Gasteiger partial charge in [-0.3, -0.25) is 9.59 Å². The van der Waals surface area contributed by atoms with Gasteiger partial charge in [-0.2, -0.15) is 0 Å². The monoisotopic (exact) mass is 380 g/mol. The molecule has 0 aliphatic carbocycles. The number of carbonyl (C=O) groups excluding carboxylic acids is 2. The SMILES string of the molecule is CSc1ccccc1NC(=O)[C@@H](C)[NH+]1CC[NH+](CC(=O)NC(C)C)CC1. The number of para-hydroxylation sites is 1. The number of amides is 2. The first-order valence-corrected chi connectivity index (χ1v) is 10.5. The number of rotatable bonds is 7. The fourth-order valence-electron chi connectivity index (χ4n) is 3.31. The maximum atomic E-state index is 12.6. The molecule has 1 aliphatic rings. The lowest BCUT2D eigenvalue weighted by Gasteiger charge is -2.32. The Morgan fingerprint density at radius 3 is 2.38 bits per heavy atom.